The van der Waals surface area contributed by atoms with E-state index in [1.54, 1.807) is 6.07 Å². The van der Waals surface area contributed by atoms with Gasteiger partial charge >= 0.3 is 0 Å². The standard InChI is InChI=1S/C19H22ClN9O3/c1-11-4-6-28(7-5-11)10-14-16(23-27-29(14)18-17(21)25-32-26-18)19(31)24-22-9-12-8-13(20)2-3-15(12)30/h2-3,8-9,11,30H,4-7,10H2,1H3,(H2,21,25)(H,24,31)/p+1. The van der Waals surface area contributed by atoms with Crippen LogP contribution in [0.5, 0.6) is 5.75 Å². The van der Waals surface area contributed by atoms with Crippen molar-refractivity contribution in [2.24, 2.45) is 11.0 Å². The van der Waals surface area contributed by atoms with Gasteiger partial charge in [-0.05, 0) is 47.3 Å². The largest absolute Gasteiger partial charge is 0.507 e. The number of hydrogen-bond donors (Lipinski definition) is 4. The van der Waals surface area contributed by atoms with Crippen LogP contribution >= 0.6 is 11.6 Å². The van der Waals surface area contributed by atoms with Crippen molar-refractivity contribution in [2.45, 2.75) is 26.3 Å². The van der Waals surface area contributed by atoms with Gasteiger partial charge in [0, 0.05) is 10.6 Å². The van der Waals surface area contributed by atoms with Gasteiger partial charge in [0.2, 0.25) is 11.6 Å². The summed E-state index contributed by atoms with van der Waals surface area (Å²) in [6.45, 7) is 4.66. The Morgan fingerprint density at radius 2 is 2.22 bits per heavy atom. The quantitative estimate of drug-likeness (QED) is 0.299. The molecule has 1 aromatic carbocycles. The van der Waals surface area contributed by atoms with Crippen LogP contribution < -0.4 is 16.1 Å². The van der Waals surface area contributed by atoms with Gasteiger partial charge in [-0.25, -0.2) is 10.1 Å². The summed E-state index contributed by atoms with van der Waals surface area (Å²) in [5.74, 6) is 0.306. The number of aromatic hydroxyl groups is 1. The Labute approximate surface area is 188 Å². The molecule has 3 aromatic rings. The van der Waals surface area contributed by atoms with Gasteiger partial charge in [-0.15, -0.1) is 5.10 Å². The van der Waals surface area contributed by atoms with Gasteiger partial charge in [-0.2, -0.15) is 9.78 Å². The molecule has 0 radical (unpaired) electrons. The van der Waals surface area contributed by atoms with Crippen molar-refractivity contribution in [3.05, 3.63) is 40.2 Å². The first kappa shape index (κ1) is 21.7. The van der Waals surface area contributed by atoms with Crippen molar-refractivity contribution in [1.29, 1.82) is 0 Å². The smallest absolute Gasteiger partial charge is 0.294 e. The number of likely N-dealkylation sites (tertiary alicyclic amines) is 1. The van der Waals surface area contributed by atoms with Gasteiger partial charge in [0.15, 0.2) is 5.69 Å². The summed E-state index contributed by atoms with van der Waals surface area (Å²) < 4.78 is 6.06. The number of nitrogens with zero attached hydrogens (tertiary/aromatic N) is 6. The number of amides is 1. The minimum absolute atomic E-state index is 0.0176. The third-order valence-corrected chi connectivity index (χ3v) is 5.67. The first-order valence-electron chi connectivity index (χ1n) is 10.1. The fourth-order valence-electron chi connectivity index (χ4n) is 3.57. The maximum Gasteiger partial charge on any atom is 0.294 e. The molecule has 4 rings (SSSR count). The van der Waals surface area contributed by atoms with Crippen molar-refractivity contribution in [1.82, 2.24) is 30.7 Å². The van der Waals surface area contributed by atoms with E-state index in [1.165, 1.54) is 27.9 Å². The predicted molar refractivity (Wildman–Crippen MR) is 115 cm³/mol. The highest BCUT2D eigenvalue weighted by molar-refractivity contribution is 6.30. The molecule has 0 bridgehead atoms. The third kappa shape index (κ3) is 4.70. The Morgan fingerprint density at radius 3 is 2.94 bits per heavy atom. The minimum atomic E-state index is -0.566. The van der Waals surface area contributed by atoms with Crippen molar-refractivity contribution in [3.63, 3.8) is 0 Å². The van der Waals surface area contributed by atoms with E-state index in [2.05, 4.69) is 42.7 Å². The highest BCUT2D eigenvalue weighted by Crippen LogP contribution is 2.20. The molecule has 3 heterocycles. The van der Waals surface area contributed by atoms with Gasteiger partial charge < -0.3 is 15.7 Å². The molecule has 12 nitrogen and oxygen atoms in total. The molecule has 0 atom stereocenters. The average Bonchev–Trinajstić information content (AvgIpc) is 3.37. The fourth-order valence-corrected chi connectivity index (χ4v) is 3.75. The van der Waals surface area contributed by atoms with E-state index in [0.29, 0.717) is 28.7 Å². The summed E-state index contributed by atoms with van der Waals surface area (Å²) in [6.07, 6.45) is 3.49. The molecular formula is C19H23ClN9O3+. The van der Waals surface area contributed by atoms with E-state index >= 15 is 0 Å². The first-order valence-corrected chi connectivity index (χ1v) is 10.5. The molecule has 0 saturated carbocycles. The number of nitrogens with two attached hydrogens (primary N) is 1. The zero-order chi connectivity index (χ0) is 22.7. The second-order valence-corrected chi connectivity index (χ2v) is 8.22. The minimum Gasteiger partial charge on any atom is -0.507 e. The number of quaternary nitrogens is 1. The monoisotopic (exact) mass is 460 g/mol. The van der Waals surface area contributed by atoms with E-state index in [0.717, 1.165) is 25.9 Å². The summed E-state index contributed by atoms with van der Waals surface area (Å²) >= 11 is 5.93. The third-order valence-electron chi connectivity index (χ3n) is 5.43. The summed E-state index contributed by atoms with van der Waals surface area (Å²) in [5.41, 5.74) is 9.21. The number of benzene rings is 1. The van der Waals surface area contributed by atoms with Crippen LogP contribution in [0.2, 0.25) is 5.02 Å². The lowest BCUT2D eigenvalue weighted by atomic mass is 9.99. The summed E-state index contributed by atoms with van der Waals surface area (Å²) in [5, 5.41) is 29.7. The number of carbonyl (C=O) groups is 1. The molecule has 0 aliphatic carbocycles. The molecule has 168 valence electrons. The van der Waals surface area contributed by atoms with Crippen molar-refractivity contribution in [2.75, 3.05) is 18.8 Å². The summed E-state index contributed by atoms with van der Waals surface area (Å²) in [4.78, 5) is 14.1. The summed E-state index contributed by atoms with van der Waals surface area (Å²) in [6, 6.07) is 4.51. The Hall–Kier alpha value is -3.51. The number of hydrogen-bond acceptors (Lipinski definition) is 9. The van der Waals surface area contributed by atoms with Crippen LogP contribution in [0.25, 0.3) is 5.82 Å². The number of carbonyl (C=O) groups excluding carboxylic acids is 1. The maximum atomic E-state index is 12.8. The van der Waals surface area contributed by atoms with E-state index in [1.807, 2.05) is 0 Å². The van der Waals surface area contributed by atoms with E-state index in [9.17, 15) is 9.90 Å². The highest BCUT2D eigenvalue weighted by Gasteiger charge is 2.28. The normalized spacial score (nSPS) is 18.8. The zero-order valence-electron chi connectivity index (χ0n) is 17.3. The molecular weight excluding hydrogens is 438 g/mol. The predicted octanol–water partition coefficient (Wildman–Crippen LogP) is 0.170. The van der Waals surface area contributed by atoms with Crippen LogP contribution in [0, 0.1) is 5.92 Å². The maximum absolute atomic E-state index is 12.8. The fraction of sp³-hybridized carbons (Fsp3) is 0.368. The Kier molecular flexibility index (Phi) is 6.32. The molecule has 1 aliphatic heterocycles. The van der Waals surface area contributed by atoms with Crippen LogP contribution in [0.3, 0.4) is 0 Å². The van der Waals surface area contributed by atoms with E-state index in [-0.39, 0.29) is 23.1 Å². The lowest BCUT2D eigenvalue weighted by Gasteiger charge is -2.27. The molecule has 2 aromatic heterocycles. The SMILES string of the molecule is CC1CC[NH+](Cc2c(C(=O)NN=Cc3cc(Cl)ccc3O)nnn2-c2nonc2N)CC1. The number of phenolic OH excluding ortho intramolecular Hbond substituents is 1. The Bertz CT molecular complexity index is 1140. The second-order valence-electron chi connectivity index (χ2n) is 7.78. The molecule has 1 amide bonds. The first-order chi connectivity index (χ1) is 15.4. The number of piperidine rings is 1. The molecule has 1 saturated heterocycles. The topological polar surface area (TPSA) is 162 Å². The lowest BCUT2D eigenvalue weighted by molar-refractivity contribution is -0.920. The number of nitrogens with one attached hydrogen (secondary N) is 2. The molecule has 13 heteroatoms. The van der Waals surface area contributed by atoms with Crippen LogP contribution in [0.15, 0.2) is 27.9 Å². The number of phenols is 1. The number of nitrogen functional groups attached to an aromatic ring is 1. The molecule has 0 unspecified atom stereocenters. The van der Waals surface area contributed by atoms with Crippen molar-refractivity contribution in [3.8, 4) is 11.6 Å². The van der Waals surface area contributed by atoms with Gasteiger partial charge in [0.25, 0.3) is 5.91 Å². The lowest BCUT2D eigenvalue weighted by Crippen LogP contribution is -3.11. The Balaban J connectivity index is 1.57. The number of hydrazone groups is 1. The van der Waals surface area contributed by atoms with Gasteiger partial charge in [0.1, 0.15) is 18.0 Å². The van der Waals surface area contributed by atoms with Crippen LogP contribution in [0.4, 0.5) is 5.82 Å². The van der Waals surface area contributed by atoms with Crippen LogP contribution in [-0.2, 0) is 6.54 Å². The molecule has 1 aliphatic rings. The van der Waals surface area contributed by atoms with E-state index < -0.39 is 5.91 Å². The number of anilines is 1. The van der Waals surface area contributed by atoms with Crippen LogP contribution in [0.1, 0.15) is 41.5 Å². The average molecular weight is 461 g/mol. The van der Waals surface area contributed by atoms with Crippen molar-refractivity contribution < 1.29 is 19.4 Å². The number of halogens is 1. The summed E-state index contributed by atoms with van der Waals surface area (Å²) in [7, 11) is 0. The van der Waals surface area contributed by atoms with Gasteiger partial charge in [-0.3, -0.25) is 4.79 Å². The molecule has 5 N–H and O–H groups in total. The molecule has 1 fully saturated rings. The van der Waals surface area contributed by atoms with Gasteiger partial charge in [-0.1, -0.05) is 23.7 Å². The number of rotatable bonds is 6. The van der Waals surface area contributed by atoms with Gasteiger partial charge in [0.05, 0.1) is 19.3 Å². The molecule has 32 heavy (non-hydrogen) atoms. The highest BCUT2D eigenvalue weighted by atomic mass is 35.5. The van der Waals surface area contributed by atoms with Crippen molar-refractivity contribution >= 4 is 29.5 Å². The second kappa shape index (κ2) is 9.32. The van der Waals surface area contributed by atoms with Crippen LogP contribution in [-0.4, -0.2) is 55.6 Å². The zero-order valence-corrected chi connectivity index (χ0v) is 18.1. The number of aromatic nitrogens is 5. The Morgan fingerprint density at radius 1 is 1.44 bits per heavy atom. The molecule has 0 spiro atoms. The van der Waals surface area contributed by atoms with E-state index in [4.69, 9.17) is 17.3 Å².